The lowest BCUT2D eigenvalue weighted by molar-refractivity contribution is -0.134. The van der Waals surface area contributed by atoms with Crippen molar-refractivity contribution < 1.29 is 9.53 Å². The molecule has 0 fully saturated rings. The lowest BCUT2D eigenvalue weighted by Crippen LogP contribution is -2.06. The lowest BCUT2D eigenvalue weighted by atomic mass is 10.1. The number of carbonyl (C=O) groups excluding carboxylic acids is 1. The van der Waals surface area contributed by atoms with Gasteiger partial charge in [-0.05, 0) is 37.1 Å². The molecular weight excluding hydrogens is 334 g/mol. The molecule has 3 aromatic rings. The number of esters is 1. The van der Waals surface area contributed by atoms with Crippen LogP contribution in [0.5, 0.6) is 5.19 Å². The number of rotatable bonds is 5. The van der Waals surface area contributed by atoms with Gasteiger partial charge < -0.3 is 10.5 Å². The molecule has 0 bridgehead atoms. The fraction of sp³-hybridized carbons (Fsp3) is 0.211. The number of hydrogen-bond acceptors (Lipinski definition) is 6. The van der Waals surface area contributed by atoms with E-state index in [9.17, 15) is 4.79 Å². The maximum Gasteiger partial charge on any atom is 0.313 e. The molecule has 6 heteroatoms. The van der Waals surface area contributed by atoms with E-state index in [0.29, 0.717) is 17.4 Å². The van der Waals surface area contributed by atoms with Gasteiger partial charge in [-0.25, -0.2) is 9.97 Å². The predicted octanol–water partition coefficient (Wildman–Crippen LogP) is 4.47. The molecule has 0 atom stereocenters. The monoisotopic (exact) mass is 353 g/mol. The predicted molar refractivity (Wildman–Crippen MR) is 100 cm³/mol. The number of ether oxygens (including phenoxy) is 1. The van der Waals surface area contributed by atoms with E-state index >= 15 is 0 Å². The smallest absolute Gasteiger partial charge is 0.313 e. The Morgan fingerprint density at radius 1 is 1.24 bits per heavy atom. The molecule has 0 aliphatic carbocycles. The number of pyridine rings is 1. The van der Waals surface area contributed by atoms with E-state index in [1.54, 1.807) is 12.3 Å². The summed E-state index contributed by atoms with van der Waals surface area (Å²) in [5, 5.41) is 0.348. The zero-order chi connectivity index (χ0) is 17.8. The van der Waals surface area contributed by atoms with Crippen LogP contribution >= 0.6 is 11.3 Å². The zero-order valence-electron chi connectivity index (χ0n) is 14.2. The highest BCUT2D eigenvalue weighted by Gasteiger charge is 2.18. The summed E-state index contributed by atoms with van der Waals surface area (Å²) in [7, 11) is 0. The van der Waals surface area contributed by atoms with Crippen molar-refractivity contribution in [2.75, 3.05) is 5.73 Å². The Kier molecular flexibility index (Phi) is 5.09. The van der Waals surface area contributed by atoms with Gasteiger partial charge in [-0.2, -0.15) is 0 Å². The van der Waals surface area contributed by atoms with Crippen LogP contribution in [0, 0.1) is 6.92 Å². The van der Waals surface area contributed by atoms with Gasteiger partial charge in [0.25, 0.3) is 5.19 Å². The van der Waals surface area contributed by atoms with Crippen LogP contribution in [-0.2, 0) is 4.79 Å². The van der Waals surface area contributed by atoms with Crippen molar-refractivity contribution in [3.63, 3.8) is 0 Å². The molecule has 0 saturated carbocycles. The number of nitrogens with zero attached hydrogens (tertiary/aromatic N) is 2. The number of anilines is 1. The van der Waals surface area contributed by atoms with Crippen LogP contribution < -0.4 is 10.5 Å². The average molecular weight is 353 g/mol. The summed E-state index contributed by atoms with van der Waals surface area (Å²) < 4.78 is 5.40. The van der Waals surface area contributed by atoms with Gasteiger partial charge in [-0.15, -0.1) is 0 Å². The summed E-state index contributed by atoms with van der Waals surface area (Å²) in [6, 6.07) is 11.7. The van der Waals surface area contributed by atoms with Gasteiger partial charge >= 0.3 is 5.97 Å². The lowest BCUT2D eigenvalue weighted by Gasteiger charge is -2.04. The summed E-state index contributed by atoms with van der Waals surface area (Å²) in [4.78, 5) is 21.3. The van der Waals surface area contributed by atoms with Crippen molar-refractivity contribution in [2.24, 2.45) is 0 Å². The van der Waals surface area contributed by atoms with Crippen LogP contribution in [0.1, 0.15) is 25.3 Å². The van der Waals surface area contributed by atoms with Crippen LogP contribution in [0.4, 0.5) is 5.82 Å². The molecule has 25 heavy (non-hydrogen) atoms. The molecule has 2 N–H and O–H groups in total. The van der Waals surface area contributed by atoms with Crippen molar-refractivity contribution >= 4 is 23.1 Å². The van der Waals surface area contributed by atoms with Crippen LogP contribution in [0.25, 0.3) is 21.7 Å². The molecule has 0 radical (unpaired) electrons. The summed E-state index contributed by atoms with van der Waals surface area (Å²) in [5.41, 5.74) is 9.61. The highest BCUT2D eigenvalue weighted by atomic mass is 32.1. The Morgan fingerprint density at radius 3 is 2.80 bits per heavy atom. The first-order valence-electron chi connectivity index (χ1n) is 8.07. The van der Waals surface area contributed by atoms with Gasteiger partial charge in [0.1, 0.15) is 5.82 Å². The summed E-state index contributed by atoms with van der Waals surface area (Å²) in [5.74, 6) is 0.165. The molecule has 0 saturated heterocycles. The van der Waals surface area contributed by atoms with Crippen LogP contribution in [0.2, 0.25) is 0 Å². The maximum absolute atomic E-state index is 11.8. The molecule has 0 amide bonds. The minimum absolute atomic E-state index is 0.271. The van der Waals surface area contributed by atoms with E-state index in [1.165, 1.54) is 11.3 Å². The molecule has 128 valence electrons. The molecule has 0 aliphatic rings. The van der Waals surface area contributed by atoms with Crippen LogP contribution in [0.3, 0.4) is 0 Å². The van der Waals surface area contributed by atoms with Gasteiger partial charge in [-0.1, -0.05) is 42.0 Å². The Bertz CT molecular complexity index is 842. The highest BCUT2D eigenvalue weighted by molar-refractivity contribution is 7.17. The number of benzene rings is 1. The number of hydrogen-bond donors (Lipinski definition) is 1. The molecule has 5 nitrogen and oxygen atoms in total. The highest BCUT2D eigenvalue weighted by Crippen LogP contribution is 2.40. The summed E-state index contributed by atoms with van der Waals surface area (Å²) >= 11 is 1.34. The SMILES string of the molecule is CCCC(=O)Oc1nc(-c2cccc(C)c2)c(-c2ccnc(N)c2)s1. The molecule has 0 spiro atoms. The molecule has 1 aromatic carbocycles. The summed E-state index contributed by atoms with van der Waals surface area (Å²) in [6.07, 6.45) is 2.77. The first-order valence-corrected chi connectivity index (χ1v) is 8.89. The van der Waals surface area contributed by atoms with Gasteiger partial charge in [0.2, 0.25) is 0 Å². The third kappa shape index (κ3) is 4.03. The van der Waals surface area contributed by atoms with E-state index in [2.05, 4.69) is 16.0 Å². The minimum atomic E-state index is -0.271. The van der Waals surface area contributed by atoms with Crippen molar-refractivity contribution in [1.29, 1.82) is 0 Å². The van der Waals surface area contributed by atoms with Crippen molar-refractivity contribution in [3.8, 4) is 26.9 Å². The fourth-order valence-electron chi connectivity index (χ4n) is 2.47. The van der Waals surface area contributed by atoms with Gasteiger partial charge in [0.15, 0.2) is 0 Å². The number of nitrogen functional groups attached to an aromatic ring is 1. The first-order chi connectivity index (χ1) is 12.1. The Labute approximate surface area is 150 Å². The normalized spacial score (nSPS) is 10.6. The van der Waals surface area contributed by atoms with E-state index in [1.807, 2.05) is 38.1 Å². The minimum Gasteiger partial charge on any atom is -0.398 e. The van der Waals surface area contributed by atoms with Gasteiger partial charge in [0.05, 0.1) is 10.6 Å². The molecular formula is C19H19N3O2S. The third-order valence-electron chi connectivity index (χ3n) is 3.60. The van der Waals surface area contributed by atoms with Crippen molar-refractivity contribution in [2.45, 2.75) is 26.7 Å². The maximum atomic E-state index is 11.8. The fourth-order valence-corrected chi connectivity index (χ4v) is 3.42. The Morgan fingerprint density at radius 2 is 2.08 bits per heavy atom. The van der Waals surface area contributed by atoms with Crippen molar-refractivity contribution in [3.05, 3.63) is 48.2 Å². The second-order valence-corrected chi connectivity index (χ2v) is 6.68. The molecule has 3 rings (SSSR count). The second kappa shape index (κ2) is 7.44. The standard InChI is InChI=1S/C19H19N3O2S/c1-3-5-16(23)24-19-22-17(13-7-4-6-12(2)10-13)18(25-19)14-8-9-21-15(20)11-14/h4,6-11H,3,5H2,1-2H3,(H2,20,21). The number of aromatic nitrogens is 2. The second-order valence-electron chi connectivity index (χ2n) is 5.72. The van der Waals surface area contributed by atoms with E-state index in [0.717, 1.165) is 33.7 Å². The van der Waals surface area contributed by atoms with E-state index in [4.69, 9.17) is 10.5 Å². The largest absolute Gasteiger partial charge is 0.398 e. The quantitative estimate of drug-likeness (QED) is 0.685. The molecule has 0 aliphatic heterocycles. The Balaban J connectivity index is 2.08. The number of nitrogens with two attached hydrogens (primary N) is 1. The Hall–Kier alpha value is -2.73. The summed E-state index contributed by atoms with van der Waals surface area (Å²) in [6.45, 7) is 3.97. The van der Waals surface area contributed by atoms with Crippen LogP contribution in [0.15, 0.2) is 42.6 Å². The first kappa shape index (κ1) is 17.1. The number of aryl methyl sites for hydroxylation is 1. The third-order valence-corrected chi connectivity index (χ3v) is 4.58. The van der Waals surface area contributed by atoms with Crippen molar-refractivity contribution in [1.82, 2.24) is 9.97 Å². The average Bonchev–Trinajstić information content (AvgIpc) is 2.99. The van der Waals surface area contributed by atoms with E-state index in [-0.39, 0.29) is 5.97 Å². The van der Waals surface area contributed by atoms with Crippen LogP contribution in [-0.4, -0.2) is 15.9 Å². The number of carbonyl (C=O) groups is 1. The van der Waals surface area contributed by atoms with E-state index < -0.39 is 0 Å². The zero-order valence-corrected chi connectivity index (χ0v) is 15.0. The topological polar surface area (TPSA) is 78.1 Å². The van der Waals surface area contributed by atoms with Gasteiger partial charge in [-0.3, -0.25) is 4.79 Å². The number of thiazole rings is 1. The molecule has 2 aromatic heterocycles. The molecule has 0 unspecified atom stereocenters. The van der Waals surface area contributed by atoms with Gasteiger partial charge in [0, 0.05) is 18.2 Å². The molecule has 2 heterocycles.